The Balaban J connectivity index is 2.40. The van der Waals surface area contributed by atoms with Crippen molar-refractivity contribution in [2.24, 2.45) is 0 Å². The molecule has 2 aromatic carbocycles. The third-order valence-corrected chi connectivity index (χ3v) is 4.57. The highest BCUT2D eigenvalue weighted by Gasteiger charge is 2.40. The van der Waals surface area contributed by atoms with Gasteiger partial charge in [-0.05, 0) is 17.9 Å². The molecule has 0 aliphatic carbocycles. The zero-order chi connectivity index (χ0) is 12.2. The Kier molecular flexibility index (Phi) is 2.04. The molecule has 0 saturated heterocycles. The Morgan fingerprint density at radius 1 is 1.06 bits per heavy atom. The molecule has 17 heavy (non-hydrogen) atoms. The second-order valence-corrected chi connectivity index (χ2v) is 5.69. The van der Waals surface area contributed by atoms with Gasteiger partial charge in [-0.2, -0.15) is 0 Å². The van der Waals surface area contributed by atoms with E-state index in [1.165, 1.54) is 22.0 Å². The number of hydrogen-bond donors (Lipinski definition) is 0. The van der Waals surface area contributed by atoms with E-state index >= 15 is 0 Å². The lowest BCUT2D eigenvalue weighted by Gasteiger charge is -2.28. The minimum atomic E-state index is 0.230. The maximum atomic E-state index is 2.43. The molecule has 1 heteroatoms. The lowest BCUT2D eigenvalue weighted by atomic mass is 9.81. The second-order valence-electron chi connectivity index (χ2n) is 5.69. The van der Waals surface area contributed by atoms with Gasteiger partial charge in [0.15, 0.2) is 0 Å². The summed E-state index contributed by atoms with van der Waals surface area (Å²) in [6.07, 6.45) is 0. The third kappa shape index (κ3) is 1.25. The highest BCUT2D eigenvalue weighted by Crippen LogP contribution is 2.47. The van der Waals surface area contributed by atoms with Gasteiger partial charge in [-0.3, -0.25) is 0 Å². The van der Waals surface area contributed by atoms with E-state index in [9.17, 15) is 0 Å². The van der Waals surface area contributed by atoms with Crippen LogP contribution in [0.5, 0.6) is 0 Å². The predicted molar refractivity (Wildman–Crippen MR) is 74.8 cm³/mol. The number of rotatable bonds is 0. The van der Waals surface area contributed by atoms with E-state index in [4.69, 9.17) is 0 Å². The first-order valence-corrected chi connectivity index (χ1v) is 6.28. The highest BCUT2D eigenvalue weighted by atomic mass is 15.2. The Hall–Kier alpha value is -1.50. The predicted octanol–water partition coefficient (Wildman–Crippen LogP) is 3.96. The second kappa shape index (κ2) is 3.25. The van der Waals surface area contributed by atoms with Gasteiger partial charge in [-0.25, -0.2) is 0 Å². The van der Waals surface area contributed by atoms with Gasteiger partial charge in [-0.1, -0.05) is 50.2 Å². The quantitative estimate of drug-likeness (QED) is 0.656. The number of nitrogens with zero attached hydrogens (tertiary/aromatic N) is 1. The van der Waals surface area contributed by atoms with Crippen molar-refractivity contribution in [3.05, 3.63) is 42.0 Å². The van der Waals surface area contributed by atoms with Crippen LogP contribution in [0.2, 0.25) is 0 Å². The van der Waals surface area contributed by atoms with Gasteiger partial charge in [0.2, 0.25) is 0 Å². The molecule has 0 fully saturated rings. The largest absolute Gasteiger partial charge is 0.370 e. The van der Waals surface area contributed by atoms with Gasteiger partial charge < -0.3 is 4.90 Å². The molecule has 0 radical (unpaired) electrons. The number of hydrogen-bond acceptors (Lipinski definition) is 1. The fourth-order valence-corrected chi connectivity index (χ4v) is 3.06. The lowest BCUT2D eigenvalue weighted by molar-refractivity contribution is 0.454. The molecule has 0 amide bonds. The summed E-state index contributed by atoms with van der Waals surface area (Å²) in [6.45, 7) is 7.00. The third-order valence-electron chi connectivity index (χ3n) is 4.57. The first-order valence-electron chi connectivity index (χ1n) is 6.28. The van der Waals surface area contributed by atoms with Crippen LogP contribution in [0.25, 0.3) is 10.8 Å². The average Bonchev–Trinajstić information content (AvgIpc) is 2.51. The first-order chi connectivity index (χ1) is 8.03. The fourth-order valence-electron chi connectivity index (χ4n) is 3.06. The summed E-state index contributed by atoms with van der Waals surface area (Å²) in [5.74, 6) is 0. The smallest absolute Gasteiger partial charge is 0.0484 e. The molecule has 0 spiro atoms. The Morgan fingerprint density at radius 2 is 1.76 bits per heavy atom. The minimum Gasteiger partial charge on any atom is -0.370 e. The van der Waals surface area contributed by atoms with Crippen LogP contribution in [0, 0.1) is 0 Å². The van der Waals surface area contributed by atoms with Gasteiger partial charge in [0.25, 0.3) is 0 Å². The van der Waals surface area contributed by atoms with E-state index in [2.05, 4.69) is 69.1 Å². The van der Waals surface area contributed by atoms with Crippen molar-refractivity contribution in [2.75, 3.05) is 11.9 Å². The molecule has 0 bridgehead atoms. The number of benzene rings is 2. The molecule has 0 aromatic heterocycles. The van der Waals surface area contributed by atoms with Crippen LogP contribution in [0.3, 0.4) is 0 Å². The Bertz CT molecular complexity index is 583. The Labute approximate surface area is 103 Å². The number of fused-ring (bicyclic) bond motifs is 3. The van der Waals surface area contributed by atoms with Gasteiger partial charge >= 0.3 is 0 Å². The standard InChI is InChI=1S/C16H19N/c1-11-16(2,3)14-10-9-12-7-5-6-8-13(12)15(14)17(11)4/h5-11H,1-4H3. The van der Waals surface area contributed by atoms with Crippen molar-refractivity contribution in [3.8, 4) is 0 Å². The van der Waals surface area contributed by atoms with E-state index < -0.39 is 0 Å². The van der Waals surface area contributed by atoms with Crippen molar-refractivity contribution >= 4 is 16.5 Å². The van der Waals surface area contributed by atoms with Crippen molar-refractivity contribution in [2.45, 2.75) is 32.2 Å². The van der Waals surface area contributed by atoms with E-state index in [-0.39, 0.29) is 5.41 Å². The van der Waals surface area contributed by atoms with Crippen molar-refractivity contribution in [1.82, 2.24) is 0 Å². The zero-order valence-electron chi connectivity index (χ0n) is 11.0. The zero-order valence-corrected chi connectivity index (χ0v) is 11.0. The number of likely N-dealkylation sites (N-methyl/N-ethyl adjacent to an activating group) is 1. The van der Waals surface area contributed by atoms with Crippen LogP contribution in [0.15, 0.2) is 36.4 Å². The molecular formula is C16H19N. The van der Waals surface area contributed by atoms with Gasteiger partial charge in [0.1, 0.15) is 0 Å². The lowest BCUT2D eigenvalue weighted by Crippen LogP contribution is -2.36. The summed E-state index contributed by atoms with van der Waals surface area (Å²) in [4.78, 5) is 2.43. The SMILES string of the molecule is CC1N(C)c2c(ccc3ccccc23)C1(C)C. The highest BCUT2D eigenvalue weighted by molar-refractivity contribution is 5.97. The molecule has 2 aromatic rings. The number of anilines is 1. The van der Waals surface area contributed by atoms with Crippen LogP contribution in [0.4, 0.5) is 5.69 Å². The van der Waals surface area contributed by atoms with E-state index in [1.807, 2.05) is 0 Å². The first kappa shape index (κ1) is 10.6. The fraction of sp³-hybridized carbons (Fsp3) is 0.375. The van der Waals surface area contributed by atoms with Gasteiger partial charge in [0.05, 0.1) is 0 Å². The molecule has 88 valence electrons. The molecule has 0 N–H and O–H groups in total. The van der Waals surface area contributed by atoms with E-state index in [0.717, 1.165) is 0 Å². The molecule has 1 unspecified atom stereocenters. The normalized spacial score (nSPS) is 21.9. The van der Waals surface area contributed by atoms with Crippen LogP contribution < -0.4 is 4.90 Å². The van der Waals surface area contributed by atoms with Crippen LogP contribution in [-0.4, -0.2) is 13.1 Å². The maximum Gasteiger partial charge on any atom is 0.0484 e. The molecular weight excluding hydrogens is 206 g/mol. The maximum absolute atomic E-state index is 2.43. The average molecular weight is 225 g/mol. The topological polar surface area (TPSA) is 3.24 Å². The Morgan fingerprint density at radius 3 is 2.53 bits per heavy atom. The van der Waals surface area contributed by atoms with Crippen molar-refractivity contribution in [3.63, 3.8) is 0 Å². The van der Waals surface area contributed by atoms with Crippen molar-refractivity contribution in [1.29, 1.82) is 0 Å². The summed E-state index contributed by atoms with van der Waals surface area (Å²) >= 11 is 0. The summed E-state index contributed by atoms with van der Waals surface area (Å²) < 4.78 is 0. The van der Waals surface area contributed by atoms with E-state index in [0.29, 0.717) is 6.04 Å². The van der Waals surface area contributed by atoms with Gasteiger partial charge in [0, 0.05) is 29.6 Å². The van der Waals surface area contributed by atoms with Crippen molar-refractivity contribution < 1.29 is 0 Å². The van der Waals surface area contributed by atoms with Crippen LogP contribution in [-0.2, 0) is 5.41 Å². The molecule has 1 aliphatic rings. The summed E-state index contributed by atoms with van der Waals surface area (Å²) in [7, 11) is 2.21. The molecule has 3 rings (SSSR count). The molecule has 1 atom stereocenters. The summed E-state index contributed by atoms with van der Waals surface area (Å²) in [6, 6.07) is 13.8. The molecule has 1 aliphatic heterocycles. The van der Waals surface area contributed by atoms with Gasteiger partial charge in [-0.15, -0.1) is 0 Å². The summed E-state index contributed by atoms with van der Waals surface area (Å²) in [5.41, 5.74) is 3.13. The molecule has 1 heterocycles. The molecule has 0 saturated carbocycles. The summed E-state index contributed by atoms with van der Waals surface area (Å²) in [5, 5.41) is 2.72. The minimum absolute atomic E-state index is 0.230. The molecule has 1 nitrogen and oxygen atoms in total. The van der Waals surface area contributed by atoms with E-state index in [1.54, 1.807) is 0 Å². The van der Waals surface area contributed by atoms with Crippen LogP contribution >= 0.6 is 0 Å². The monoisotopic (exact) mass is 225 g/mol. The van der Waals surface area contributed by atoms with Crippen LogP contribution in [0.1, 0.15) is 26.3 Å².